The molecule has 1 fully saturated rings. The Morgan fingerprint density at radius 2 is 1.65 bits per heavy atom. The lowest BCUT2D eigenvalue weighted by molar-refractivity contribution is 0.102. The number of aromatic nitrogens is 1. The van der Waals surface area contributed by atoms with E-state index in [0.29, 0.717) is 34.5 Å². The molecule has 6 nitrogen and oxygen atoms in total. The van der Waals surface area contributed by atoms with Crippen molar-refractivity contribution in [3.8, 4) is 17.2 Å². The molecular formula is C34H34N4O2. The van der Waals surface area contributed by atoms with Gasteiger partial charge < -0.3 is 25.3 Å². The molecule has 2 heterocycles. The monoisotopic (exact) mass is 530 g/mol. The first-order valence-corrected chi connectivity index (χ1v) is 13.9. The lowest BCUT2D eigenvalue weighted by Gasteiger charge is -2.23. The molecule has 1 aliphatic heterocycles. The van der Waals surface area contributed by atoms with Crippen molar-refractivity contribution in [3.05, 3.63) is 114 Å². The highest BCUT2D eigenvalue weighted by atomic mass is 16.5. The summed E-state index contributed by atoms with van der Waals surface area (Å²) in [6.07, 6.45) is 5.89. The summed E-state index contributed by atoms with van der Waals surface area (Å²) in [5.41, 5.74) is 11.3. The van der Waals surface area contributed by atoms with E-state index in [1.54, 1.807) is 6.07 Å². The van der Waals surface area contributed by atoms with Crippen LogP contribution in [0.2, 0.25) is 0 Å². The lowest BCUT2D eigenvalue weighted by atomic mass is 10.1. The van der Waals surface area contributed by atoms with Crippen LogP contribution in [0.15, 0.2) is 103 Å². The molecule has 6 heteroatoms. The first-order chi connectivity index (χ1) is 19.5. The summed E-state index contributed by atoms with van der Waals surface area (Å²) >= 11 is 0. The third kappa shape index (κ3) is 5.58. The molecule has 1 saturated heterocycles. The fourth-order valence-electron chi connectivity index (χ4n) is 5.55. The normalized spacial score (nSPS) is 14.3. The zero-order chi connectivity index (χ0) is 27.5. The number of carbonyl (C=O) groups excluding carboxylic acids is 1. The van der Waals surface area contributed by atoms with E-state index in [9.17, 15) is 4.79 Å². The number of hydrogen-bond acceptors (Lipinski definition) is 4. The number of hydrogen-bond donors (Lipinski definition) is 2. The minimum absolute atomic E-state index is 0.159. The van der Waals surface area contributed by atoms with Gasteiger partial charge in [0.15, 0.2) is 0 Å². The average molecular weight is 531 g/mol. The van der Waals surface area contributed by atoms with Crippen molar-refractivity contribution < 1.29 is 9.53 Å². The Bertz CT molecular complexity index is 1620. The summed E-state index contributed by atoms with van der Waals surface area (Å²) in [5.74, 6) is 1.18. The molecule has 1 unspecified atom stereocenters. The van der Waals surface area contributed by atoms with Gasteiger partial charge in [-0.05, 0) is 112 Å². The van der Waals surface area contributed by atoms with Crippen LogP contribution in [0, 0.1) is 0 Å². The predicted octanol–water partition coefficient (Wildman–Crippen LogP) is 7.28. The van der Waals surface area contributed by atoms with Gasteiger partial charge in [-0.25, -0.2) is 0 Å². The van der Waals surface area contributed by atoms with Gasteiger partial charge in [-0.2, -0.15) is 0 Å². The number of anilines is 2. The van der Waals surface area contributed by atoms with E-state index in [0.717, 1.165) is 12.1 Å². The van der Waals surface area contributed by atoms with Crippen LogP contribution in [-0.2, 0) is 6.42 Å². The molecule has 0 radical (unpaired) electrons. The standard InChI is InChI=1S/C34H34N4O2/c1-24(37-19-4-5-20-37)21-26-23-38(33-10-3-2-9-32(26)33)29-15-11-25(12-16-29)34(39)36-28-13-17-30(18-14-28)40-31-8-6-7-27(35)22-31/h2-3,6-18,22-24H,4-5,19-21,35H2,1H3,(H,36,39). The maximum atomic E-state index is 13.0. The number of fused-ring (bicyclic) bond motifs is 1. The first kappa shape index (κ1) is 25.7. The number of amides is 1. The van der Waals surface area contributed by atoms with Gasteiger partial charge >= 0.3 is 0 Å². The molecule has 1 atom stereocenters. The first-order valence-electron chi connectivity index (χ1n) is 13.9. The number of likely N-dealkylation sites (tertiary alicyclic amines) is 1. The Kier molecular flexibility index (Phi) is 7.25. The van der Waals surface area contributed by atoms with Gasteiger partial charge in [-0.1, -0.05) is 24.3 Å². The third-order valence-electron chi connectivity index (χ3n) is 7.69. The molecule has 5 aromatic rings. The number of nitrogens with one attached hydrogen (secondary N) is 1. The SMILES string of the molecule is CC(Cc1cn(-c2ccc(C(=O)Nc3ccc(Oc4cccc(N)c4)cc3)cc2)c2ccccc12)N1CCCC1. The summed E-state index contributed by atoms with van der Waals surface area (Å²) in [6, 6.07) is 31.4. The number of rotatable bonds is 8. The molecule has 1 aliphatic rings. The van der Waals surface area contributed by atoms with Crippen molar-refractivity contribution in [1.82, 2.24) is 9.47 Å². The number of nitrogen functional groups attached to an aromatic ring is 1. The maximum Gasteiger partial charge on any atom is 0.255 e. The van der Waals surface area contributed by atoms with Crippen LogP contribution in [0.25, 0.3) is 16.6 Å². The van der Waals surface area contributed by atoms with Crippen LogP contribution in [0.5, 0.6) is 11.5 Å². The third-order valence-corrected chi connectivity index (χ3v) is 7.69. The molecule has 0 saturated carbocycles. The van der Waals surface area contributed by atoms with Gasteiger partial charge in [0.05, 0.1) is 5.52 Å². The average Bonchev–Trinajstić information content (AvgIpc) is 3.64. The molecule has 0 bridgehead atoms. The van der Waals surface area contributed by atoms with E-state index in [4.69, 9.17) is 10.5 Å². The van der Waals surface area contributed by atoms with Crippen LogP contribution in [0.3, 0.4) is 0 Å². The van der Waals surface area contributed by atoms with Gasteiger partial charge in [0.25, 0.3) is 5.91 Å². The van der Waals surface area contributed by atoms with Gasteiger partial charge in [0, 0.05) is 46.3 Å². The fourth-order valence-corrected chi connectivity index (χ4v) is 5.55. The zero-order valence-electron chi connectivity index (χ0n) is 22.7. The van der Waals surface area contributed by atoms with Crippen LogP contribution < -0.4 is 15.8 Å². The summed E-state index contributed by atoms with van der Waals surface area (Å²) in [4.78, 5) is 15.6. The molecule has 40 heavy (non-hydrogen) atoms. The Hall–Kier alpha value is -4.55. The van der Waals surface area contributed by atoms with E-state index in [1.165, 1.54) is 42.4 Å². The second-order valence-corrected chi connectivity index (χ2v) is 10.5. The van der Waals surface area contributed by atoms with Crippen molar-refractivity contribution in [2.75, 3.05) is 24.1 Å². The van der Waals surface area contributed by atoms with Crippen LogP contribution >= 0.6 is 0 Å². The number of benzene rings is 4. The van der Waals surface area contributed by atoms with E-state index in [2.05, 4.69) is 52.2 Å². The zero-order valence-corrected chi connectivity index (χ0v) is 22.7. The van der Waals surface area contributed by atoms with Gasteiger partial charge in [-0.15, -0.1) is 0 Å². The minimum Gasteiger partial charge on any atom is -0.457 e. The van der Waals surface area contributed by atoms with Crippen molar-refractivity contribution in [2.45, 2.75) is 32.2 Å². The quantitative estimate of drug-likeness (QED) is 0.207. The van der Waals surface area contributed by atoms with Crippen molar-refractivity contribution in [2.24, 2.45) is 0 Å². The van der Waals surface area contributed by atoms with Crippen LogP contribution in [-0.4, -0.2) is 34.5 Å². The molecular weight excluding hydrogens is 496 g/mol. The Morgan fingerprint density at radius 1 is 0.900 bits per heavy atom. The van der Waals surface area contributed by atoms with E-state index in [-0.39, 0.29) is 5.91 Å². The second kappa shape index (κ2) is 11.3. The number of nitrogens with zero attached hydrogens (tertiary/aromatic N) is 2. The molecule has 202 valence electrons. The number of nitrogens with two attached hydrogens (primary N) is 1. The smallest absolute Gasteiger partial charge is 0.255 e. The Labute approximate surface area is 235 Å². The van der Waals surface area contributed by atoms with Crippen molar-refractivity contribution >= 4 is 28.2 Å². The summed E-state index contributed by atoms with van der Waals surface area (Å²) < 4.78 is 8.08. The molecule has 3 N–H and O–H groups in total. The van der Waals surface area contributed by atoms with E-state index >= 15 is 0 Å². The molecule has 0 aliphatic carbocycles. The van der Waals surface area contributed by atoms with Gasteiger partial charge in [0.2, 0.25) is 0 Å². The molecule has 6 rings (SSSR count). The highest BCUT2D eigenvalue weighted by Crippen LogP contribution is 2.28. The summed E-state index contributed by atoms with van der Waals surface area (Å²) in [5, 5.41) is 4.26. The van der Waals surface area contributed by atoms with Crippen molar-refractivity contribution in [1.29, 1.82) is 0 Å². The highest BCUT2D eigenvalue weighted by molar-refractivity contribution is 6.04. The maximum absolute atomic E-state index is 13.0. The largest absolute Gasteiger partial charge is 0.457 e. The van der Waals surface area contributed by atoms with E-state index < -0.39 is 0 Å². The van der Waals surface area contributed by atoms with Crippen LogP contribution in [0.4, 0.5) is 11.4 Å². The lowest BCUT2D eigenvalue weighted by Crippen LogP contribution is -2.31. The summed E-state index contributed by atoms with van der Waals surface area (Å²) in [6.45, 7) is 4.74. The minimum atomic E-state index is -0.159. The Balaban J connectivity index is 1.15. The Morgan fingerprint density at radius 3 is 2.40 bits per heavy atom. The second-order valence-electron chi connectivity index (χ2n) is 10.5. The van der Waals surface area contributed by atoms with Crippen molar-refractivity contribution in [3.63, 3.8) is 0 Å². The van der Waals surface area contributed by atoms with E-state index in [1.807, 2.05) is 66.7 Å². The summed E-state index contributed by atoms with van der Waals surface area (Å²) in [7, 11) is 0. The number of ether oxygens (including phenoxy) is 1. The number of para-hydroxylation sites is 1. The fraction of sp³-hybridized carbons (Fsp3) is 0.206. The number of carbonyl (C=O) groups is 1. The molecule has 1 amide bonds. The van der Waals surface area contributed by atoms with Gasteiger partial charge in [0.1, 0.15) is 11.5 Å². The highest BCUT2D eigenvalue weighted by Gasteiger charge is 2.20. The van der Waals surface area contributed by atoms with Crippen LogP contribution in [0.1, 0.15) is 35.7 Å². The molecule has 4 aromatic carbocycles. The molecule has 1 aromatic heterocycles. The topological polar surface area (TPSA) is 72.5 Å². The predicted molar refractivity (Wildman–Crippen MR) is 163 cm³/mol. The molecule has 0 spiro atoms. The van der Waals surface area contributed by atoms with Gasteiger partial charge in [-0.3, -0.25) is 4.79 Å².